The minimum atomic E-state index is 0.472. The average Bonchev–Trinajstić information content (AvgIpc) is 3.06. The van der Waals surface area contributed by atoms with E-state index in [1.165, 1.54) is 0 Å². The van der Waals surface area contributed by atoms with Crippen LogP contribution in [0.2, 0.25) is 0 Å². The molecule has 4 heterocycles. The molecule has 1 fully saturated rings. The molecule has 8 heteroatoms. The lowest BCUT2D eigenvalue weighted by atomic mass is 10.2. The summed E-state index contributed by atoms with van der Waals surface area (Å²) in [4.78, 5) is 17.4. The van der Waals surface area contributed by atoms with Gasteiger partial charge in [0.2, 0.25) is 0 Å². The third kappa shape index (κ3) is 3.31. The minimum Gasteiger partial charge on any atom is -0.366 e. The summed E-state index contributed by atoms with van der Waals surface area (Å²) in [5.74, 6) is 1.66. The maximum absolute atomic E-state index is 9.27. The van der Waals surface area contributed by atoms with Crippen molar-refractivity contribution in [2.45, 2.75) is 13.8 Å². The van der Waals surface area contributed by atoms with E-state index in [2.05, 4.69) is 35.9 Å². The molecule has 0 spiro atoms. The van der Waals surface area contributed by atoms with E-state index in [1.807, 2.05) is 42.8 Å². The van der Waals surface area contributed by atoms with Crippen molar-refractivity contribution in [1.29, 1.82) is 5.26 Å². The van der Waals surface area contributed by atoms with E-state index in [-0.39, 0.29) is 0 Å². The monoisotopic (exact) mass is 360 g/mol. The van der Waals surface area contributed by atoms with Crippen LogP contribution in [0.1, 0.15) is 17.1 Å². The zero-order valence-corrected chi connectivity index (χ0v) is 15.4. The van der Waals surface area contributed by atoms with Crippen molar-refractivity contribution >= 4 is 11.5 Å². The van der Waals surface area contributed by atoms with Crippen molar-refractivity contribution in [1.82, 2.24) is 24.7 Å². The highest BCUT2D eigenvalue weighted by Crippen LogP contribution is 2.22. The normalized spacial score (nSPS) is 14.3. The van der Waals surface area contributed by atoms with Gasteiger partial charge in [0, 0.05) is 44.1 Å². The lowest BCUT2D eigenvalue weighted by Gasteiger charge is -2.36. The van der Waals surface area contributed by atoms with Crippen molar-refractivity contribution in [3.63, 3.8) is 0 Å². The van der Waals surface area contributed by atoms with Gasteiger partial charge in [-0.05, 0) is 32.0 Å². The SMILES string of the molecule is Cc1cc(C)n(-c2cc(N3CCN(c4cccnc4C#N)CC3)ncn2)n1. The Morgan fingerprint density at radius 3 is 2.41 bits per heavy atom. The Hall–Kier alpha value is -3.47. The quantitative estimate of drug-likeness (QED) is 0.705. The highest BCUT2D eigenvalue weighted by molar-refractivity contribution is 5.57. The van der Waals surface area contributed by atoms with Gasteiger partial charge in [-0.2, -0.15) is 10.4 Å². The first kappa shape index (κ1) is 17.0. The van der Waals surface area contributed by atoms with Crippen LogP contribution in [0.4, 0.5) is 11.5 Å². The van der Waals surface area contributed by atoms with Crippen LogP contribution in [0.5, 0.6) is 0 Å². The number of hydrogen-bond donors (Lipinski definition) is 0. The fourth-order valence-electron chi connectivity index (χ4n) is 3.40. The standard InChI is InChI=1S/C19H20N8/c1-14-10-15(2)27(24-14)19-11-18(22-13-23-19)26-8-6-25(7-9-26)17-4-3-5-21-16(17)12-20/h3-5,10-11,13H,6-9H2,1-2H3. The van der Waals surface area contributed by atoms with Gasteiger partial charge in [0.15, 0.2) is 11.5 Å². The van der Waals surface area contributed by atoms with Gasteiger partial charge in [-0.3, -0.25) is 0 Å². The van der Waals surface area contributed by atoms with Crippen molar-refractivity contribution in [3.8, 4) is 11.9 Å². The molecule has 8 nitrogen and oxygen atoms in total. The predicted molar refractivity (Wildman–Crippen MR) is 102 cm³/mol. The number of rotatable bonds is 3. The van der Waals surface area contributed by atoms with Gasteiger partial charge in [0.25, 0.3) is 0 Å². The van der Waals surface area contributed by atoms with Gasteiger partial charge in [-0.25, -0.2) is 19.6 Å². The summed E-state index contributed by atoms with van der Waals surface area (Å²) in [5.41, 5.74) is 3.37. The number of aromatic nitrogens is 5. The molecule has 1 saturated heterocycles. The number of aryl methyl sites for hydroxylation is 2. The number of piperazine rings is 1. The molecule has 0 amide bonds. The Morgan fingerprint density at radius 2 is 1.70 bits per heavy atom. The lowest BCUT2D eigenvalue weighted by molar-refractivity contribution is 0.644. The second kappa shape index (κ2) is 7.03. The lowest BCUT2D eigenvalue weighted by Crippen LogP contribution is -2.47. The topological polar surface area (TPSA) is 86.8 Å². The molecule has 27 heavy (non-hydrogen) atoms. The Balaban J connectivity index is 1.51. The summed E-state index contributed by atoms with van der Waals surface area (Å²) >= 11 is 0. The van der Waals surface area contributed by atoms with E-state index in [9.17, 15) is 5.26 Å². The molecule has 0 radical (unpaired) electrons. The van der Waals surface area contributed by atoms with E-state index in [0.717, 1.165) is 54.9 Å². The van der Waals surface area contributed by atoms with Crippen molar-refractivity contribution < 1.29 is 0 Å². The van der Waals surface area contributed by atoms with Gasteiger partial charge in [-0.15, -0.1) is 0 Å². The van der Waals surface area contributed by atoms with Crippen molar-refractivity contribution in [3.05, 3.63) is 53.9 Å². The number of anilines is 2. The van der Waals surface area contributed by atoms with Gasteiger partial charge < -0.3 is 9.80 Å². The van der Waals surface area contributed by atoms with Crippen LogP contribution in [-0.2, 0) is 0 Å². The third-order valence-electron chi connectivity index (χ3n) is 4.70. The summed E-state index contributed by atoms with van der Waals surface area (Å²) in [6.07, 6.45) is 3.24. The van der Waals surface area contributed by atoms with Gasteiger partial charge in [-0.1, -0.05) is 0 Å². The fourth-order valence-corrected chi connectivity index (χ4v) is 3.40. The first-order chi connectivity index (χ1) is 13.2. The maximum Gasteiger partial charge on any atom is 0.163 e. The summed E-state index contributed by atoms with van der Waals surface area (Å²) in [6, 6.07) is 9.99. The average molecular weight is 360 g/mol. The highest BCUT2D eigenvalue weighted by Gasteiger charge is 2.21. The second-order valence-corrected chi connectivity index (χ2v) is 6.53. The Morgan fingerprint density at radius 1 is 0.963 bits per heavy atom. The van der Waals surface area contributed by atoms with Gasteiger partial charge >= 0.3 is 0 Å². The van der Waals surface area contributed by atoms with Crippen molar-refractivity contribution in [2.75, 3.05) is 36.0 Å². The molecule has 3 aromatic rings. The molecule has 136 valence electrons. The first-order valence-corrected chi connectivity index (χ1v) is 8.86. The zero-order valence-electron chi connectivity index (χ0n) is 15.4. The molecule has 0 saturated carbocycles. The molecule has 1 aliphatic rings. The van der Waals surface area contributed by atoms with Gasteiger partial charge in [0.05, 0.1) is 11.4 Å². The van der Waals surface area contributed by atoms with Crippen LogP contribution in [0.3, 0.4) is 0 Å². The van der Waals surface area contributed by atoms with Crippen LogP contribution >= 0.6 is 0 Å². The smallest absolute Gasteiger partial charge is 0.163 e. The Bertz CT molecular complexity index is 995. The Kier molecular flexibility index (Phi) is 4.42. The van der Waals surface area contributed by atoms with E-state index in [1.54, 1.807) is 12.5 Å². The van der Waals surface area contributed by atoms with Crippen LogP contribution in [0.15, 0.2) is 36.8 Å². The van der Waals surface area contributed by atoms with E-state index < -0.39 is 0 Å². The van der Waals surface area contributed by atoms with Gasteiger partial charge in [0.1, 0.15) is 18.2 Å². The molecular weight excluding hydrogens is 340 g/mol. The second-order valence-electron chi connectivity index (χ2n) is 6.53. The third-order valence-corrected chi connectivity index (χ3v) is 4.70. The molecule has 0 bridgehead atoms. The van der Waals surface area contributed by atoms with Crippen LogP contribution in [0, 0.1) is 25.2 Å². The molecule has 1 aliphatic heterocycles. The summed E-state index contributed by atoms with van der Waals surface area (Å²) in [6.45, 7) is 7.22. The number of nitrogens with zero attached hydrogens (tertiary/aromatic N) is 8. The minimum absolute atomic E-state index is 0.472. The molecule has 0 aromatic carbocycles. The van der Waals surface area contributed by atoms with Crippen LogP contribution in [0.25, 0.3) is 5.82 Å². The van der Waals surface area contributed by atoms with E-state index in [4.69, 9.17) is 0 Å². The molecule has 0 atom stereocenters. The van der Waals surface area contributed by atoms with Crippen LogP contribution < -0.4 is 9.80 Å². The largest absolute Gasteiger partial charge is 0.366 e. The number of hydrogen-bond acceptors (Lipinski definition) is 7. The zero-order chi connectivity index (χ0) is 18.8. The predicted octanol–water partition coefficient (Wildman–Crippen LogP) is 1.87. The van der Waals surface area contributed by atoms with Crippen molar-refractivity contribution in [2.24, 2.45) is 0 Å². The molecule has 0 aliphatic carbocycles. The fraction of sp³-hybridized carbons (Fsp3) is 0.316. The molecule has 4 rings (SSSR count). The maximum atomic E-state index is 9.27. The summed E-state index contributed by atoms with van der Waals surface area (Å²) < 4.78 is 1.84. The highest BCUT2D eigenvalue weighted by atomic mass is 15.3. The summed E-state index contributed by atoms with van der Waals surface area (Å²) in [7, 11) is 0. The number of pyridine rings is 1. The van der Waals surface area contributed by atoms with Crippen LogP contribution in [-0.4, -0.2) is 50.9 Å². The first-order valence-electron chi connectivity index (χ1n) is 8.86. The summed E-state index contributed by atoms with van der Waals surface area (Å²) in [5, 5.41) is 13.8. The molecule has 0 N–H and O–H groups in total. The van der Waals surface area contributed by atoms with E-state index >= 15 is 0 Å². The molecular formula is C19H20N8. The molecule has 3 aromatic heterocycles. The number of nitriles is 1. The Labute approximate surface area is 157 Å². The van der Waals surface area contributed by atoms with E-state index in [0.29, 0.717) is 5.69 Å². The molecule has 0 unspecified atom stereocenters.